The van der Waals surface area contributed by atoms with Crippen molar-refractivity contribution in [2.45, 2.75) is 25.4 Å². The second kappa shape index (κ2) is 6.76. The number of aromatic amines is 1. The number of hydrogen-bond donors (Lipinski definition) is 3. The highest BCUT2D eigenvalue weighted by Crippen LogP contribution is 2.33. The van der Waals surface area contributed by atoms with Crippen molar-refractivity contribution in [1.29, 1.82) is 0 Å². The van der Waals surface area contributed by atoms with Crippen molar-refractivity contribution < 1.29 is 0 Å². The van der Waals surface area contributed by atoms with Gasteiger partial charge in [0, 0.05) is 23.5 Å². The smallest absolute Gasteiger partial charge is 0.127 e. The highest BCUT2D eigenvalue weighted by molar-refractivity contribution is 5.83. The van der Waals surface area contributed by atoms with Gasteiger partial charge >= 0.3 is 0 Å². The molecule has 0 fully saturated rings. The van der Waals surface area contributed by atoms with Crippen molar-refractivity contribution in [1.82, 2.24) is 15.0 Å². The average Bonchev–Trinajstić information content (AvgIpc) is 3.37. The van der Waals surface area contributed by atoms with Gasteiger partial charge in [-0.3, -0.25) is 0 Å². The molecule has 27 heavy (non-hydrogen) atoms. The molecule has 1 aliphatic carbocycles. The first-order valence-corrected chi connectivity index (χ1v) is 9.32. The Bertz CT molecular complexity index is 1070. The summed E-state index contributed by atoms with van der Waals surface area (Å²) in [5, 5.41) is 8.12. The third kappa shape index (κ3) is 3.24. The monoisotopic (exact) mass is 355 g/mol. The summed E-state index contributed by atoms with van der Waals surface area (Å²) >= 11 is 0. The van der Waals surface area contributed by atoms with E-state index < -0.39 is 0 Å². The van der Waals surface area contributed by atoms with Crippen molar-refractivity contribution in [3.63, 3.8) is 0 Å². The molecule has 0 radical (unpaired) electrons. The Kier molecular flexibility index (Phi) is 3.98. The van der Waals surface area contributed by atoms with E-state index in [-0.39, 0.29) is 0 Å². The van der Waals surface area contributed by atoms with Crippen LogP contribution in [-0.4, -0.2) is 15.0 Å². The maximum atomic E-state index is 4.81. The van der Waals surface area contributed by atoms with Crippen LogP contribution in [0.25, 0.3) is 10.9 Å². The van der Waals surface area contributed by atoms with Crippen LogP contribution in [0.1, 0.15) is 29.4 Å². The van der Waals surface area contributed by atoms with Crippen LogP contribution < -0.4 is 10.6 Å². The molecule has 3 N–H and O–H groups in total. The molecule has 5 heteroatoms. The molecule has 2 heterocycles. The maximum Gasteiger partial charge on any atom is 0.127 e. The first kappa shape index (κ1) is 15.9. The van der Waals surface area contributed by atoms with Gasteiger partial charge < -0.3 is 15.6 Å². The normalized spacial score (nSPS) is 15.6. The molecule has 0 unspecified atom stereocenters. The lowest BCUT2D eigenvalue weighted by Gasteiger charge is -2.15. The number of nitrogens with one attached hydrogen (secondary N) is 3. The molecule has 4 aromatic rings. The van der Waals surface area contributed by atoms with E-state index >= 15 is 0 Å². The molecule has 5 rings (SSSR count). The largest absolute Gasteiger partial charge is 0.378 e. The number of rotatable bonds is 5. The predicted molar refractivity (Wildman–Crippen MR) is 109 cm³/mol. The van der Waals surface area contributed by atoms with E-state index in [9.17, 15) is 0 Å². The van der Waals surface area contributed by atoms with Gasteiger partial charge in [0.1, 0.15) is 11.6 Å². The third-order valence-electron chi connectivity index (χ3n) is 5.16. The molecule has 134 valence electrons. The minimum Gasteiger partial charge on any atom is -0.378 e. The fraction of sp³-hybridized carbons (Fsp3) is 0.182. The topological polar surface area (TPSA) is 65.6 Å². The van der Waals surface area contributed by atoms with Crippen LogP contribution in [-0.2, 0) is 13.0 Å². The quantitative estimate of drug-likeness (QED) is 0.487. The van der Waals surface area contributed by atoms with E-state index in [4.69, 9.17) is 4.98 Å². The van der Waals surface area contributed by atoms with Gasteiger partial charge in [0.2, 0.25) is 0 Å². The number of imidazole rings is 1. The fourth-order valence-electron chi connectivity index (χ4n) is 3.78. The zero-order chi connectivity index (χ0) is 18.1. The van der Waals surface area contributed by atoms with Crippen LogP contribution in [0.2, 0.25) is 0 Å². The number of fused-ring (bicyclic) bond motifs is 2. The summed E-state index contributed by atoms with van der Waals surface area (Å²) in [5.74, 6) is 1.85. The van der Waals surface area contributed by atoms with Crippen LogP contribution in [0.5, 0.6) is 0 Å². The summed E-state index contributed by atoms with van der Waals surface area (Å²) in [7, 11) is 0. The number of aryl methyl sites for hydroxylation is 1. The zero-order valence-electron chi connectivity index (χ0n) is 14.9. The molecular formula is C22H21N5. The molecule has 0 aliphatic heterocycles. The first-order valence-electron chi connectivity index (χ1n) is 9.32. The van der Waals surface area contributed by atoms with Crippen molar-refractivity contribution >= 4 is 22.4 Å². The number of benzene rings is 2. The van der Waals surface area contributed by atoms with E-state index in [0.717, 1.165) is 41.1 Å². The fourth-order valence-corrected chi connectivity index (χ4v) is 3.78. The van der Waals surface area contributed by atoms with E-state index in [1.54, 1.807) is 6.20 Å². The van der Waals surface area contributed by atoms with Gasteiger partial charge in [0.05, 0.1) is 18.1 Å². The molecule has 0 amide bonds. The number of anilines is 2. The van der Waals surface area contributed by atoms with Gasteiger partial charge in [-0.15, -0.1) is 0 Å². The second-order valence-electron chi connectivity index (χ2n) is 6.93. The molecule has 2 aromatic carbocycles. The standard InChI is InChI=1S/C22H21N5/c1-2-4-18-15(3-1)5-8-20(18)27-21-10-6-16-13-17(7-9-19(16)26-21)25-14-22-23-11-12-24-22/h1-4,6-7,9-13,20,25H,5,8,14H2,(H,23,24)(H,26,27)/t20-/m1/s1. The van der Waals surface area contributed by atoms with Crippen LogP contribution in [0, 0.1) is 0 Å². The summed E-state index contributed by atoms with van der Waals surface area (Å²) in [5.41, 5.74) is 4.90. The summed E-state index contributed by atoms with van der Waals surface area (Å²) in [6.45, 7) is 0.673. The Balaban J connectivity index is 1.33. The molecule has 2 aromatic heterocycles. The highest BCUT2D eigenvalue weighted by Gasteiger charge is 2.21. The summed E-state index contributed by atoms with van der Waals surface area (Å²) < 4.78 is 0. The predicted octanol–water partition coefficient (Wildman–Crippen LogP) is 4.67. The third-order valence-corrected chi connectivity index (χ3v) is 5.16. The van der Waals surface area contributed by atoms with E-state index in [0.29, 0.717) is 12.6 Å². The Morgan fingerprint density at radius 3 is 2.96 bits per heavy atom. The number of pyridine rings is 1. The maximum absolute atomic E-state index is 4.81. The Morgan fingerprint density at radius 2 is 2.04 bits per heavy atom. The van der Waals surface area contributed by atoms with E-state index in [1.807, 2.05) is 6.20 Å². The van der Waals surface area contributed by atoms with Crippen molar-refractivity contribution in [2.24, 2.45) is 0 Å². The summed E-state index contributed by atoms with van der Waals surface area (Å²) in [6.07, 6.45) is 5.85. The number of hydrogen-bond acceptors (Lipinski definition) is 4. The molecule has 1 atom stereocenters. The average molecular weight is 355 g/mol. The summed E-state index contributed by atoms with van der Waals surface area (Å²) in [4.78, 5) is 12.1. The SMILES string of the molecule is c1ccc2c(c1)CC[C@H]2Nc1ccc2cc(NCc3ncc[nH]3)ccc2n1. The van der Waals surface area contributed by atoms with Crippen LogP contribution in [0.15, 0.2) is 67.0 Å². The number of H-pyrrole nitrogens is 1. The molecule has 0 spiro atoms. The Morgan fingerprint density at radius 1 is 1.07 bits per heavy atom. The van der Waals surface area contributed by atoms with Crippen LogP contribution in [0.3, 0.4) is 0 Å². The molecule has 0 bridgehead atoms. The minimum atomic E-state index is 0.348. The van der Waals surface area contributed by atoms with Gasteiger partial charge in [0.15, 0.2) is 0 Å². The minimum absolute atomic E-state index is 0.348. The van der Waals surface area contributed by atoms with Crippen molar-refractivity contribution in [3.8, 4) is 0 Å². The van der Waals surface area contributed by atoms with Crippen LogP contribution in [0.4, 0.5) is 11.5 Å². The number of nitrogens with zero attached hydrogens (tertiary/aromatic N) is 2. The van der Waals surface area contributed by atoms with Crippen LogP contribution >= 0.6 is 0 Å². The van der Waals surface area contributed by atoms with E-state index in [2.05, 4.69) is 75.2 Å². The lowest BCUT2D eigenvalue weighted by atomic mass is 10.1. The lowest BCUT2D eigenvalue weighted by Crippen LogP contribution is -2.08. The molecular weight excluding hydrogens is 334 g/mol. The Labute approximate surface area is 157 Å². The molecule has 0 saturated heterocycles. The van der Waals surface area contributed by atoms with Gasteiger partial charge in [-0.25, -0.2) is 9.97 Å². The van der Waals surface area contributed by atoms with Gasteiger partial charge in [0.25, 0.3) is 0 Å². The second-order valence-corrected chi connectivity index (χ2v) is 6.93. The molecule has 5 nitrogen and oxygen atoms in total. The van der Waals surface area contributed by atoms with Crippen molar-refractivity contribution in [2.75, 3.05) is 10.6 Å². The summed E-state index contributed by atoms with van der Waals surface area (Å²) in [6, 6.07) is 19.5. The molecule has 0 saturated carbocycles. The lowest BCUT2D eigenvalue weighted by molar-refractivity contribution is 0.758. The Hall–Kier alpha value is -3.34. The van der Waals surface area contributed by atoms with E-state index in [1.165, 1.54) is 11.1 Å². The van der Waals surface area contributed by atoms with Gasteiger partial charge in [-0.1, -0.05) is 24.3 Å². The van der Waals surface area contributed by atoms with Gasteiger partial charge in [-0.05, 0) is 54.3 Å². The van der Waals surface area contributed by atoms with Gasteiger partial charge in [-0.2, -0.15) is 0 Å². The number of aromatic nitrogens is 3. The zero-order valence-corrected chi connectivity index (χ0v) is 14.9. The molecule has 1 aliphatic rings. The highest BCUT2D eigenvalue weighted by atomic mass is 15.0. The first-order chi connectivity index (χ1) is 13.3. The van der Waals surface area contributed by atoms with Crippen molar-refractivity contribution in [3.05, 3.63) is 83.9 Å².